The molecule has 0 saturated carbocycles. The number of nitrogens with one attached hydrogen (secondary N) is 1. The monoisotopic (exact) mass is 314 g/mol. The number of nitrogens with two attached hydrogens (primary N) is 1. The Labute approximate surface area is 125 Å². The first-order valence-electron chi connectivity index (χ1n) is 6.74. The highest BCUT2D eigenvalue weighted by atomic mass is 32.2. The summed E-state index contributed by atoms with van der Waals surface area (Å²) in [6.07, 6.45) is 1.08. The Morgan fingerprint density at radius 2 is 2.10 bits per heavy atom. The minimum absolute atomic E-state index is 0.100. The first-order chi connectivity index (χ1) is 9.77. The van der Waals surface area contributed by atoms with E-state index in [-0.39, 0.29) is 23.0 Å². The van der Waals surface area contributed by atoms with Gasteiger partial charge in [0, 0.05) is 6.54 Å². The first-order valence-corrected chi connectivity index (χ1v) is 8.29. The Balaban J connectivity index is 2.83. The third-order valence-corrected chi connectivity index (χ3v) is 4.18. The molecule has 0 fully saturated rings. The van der Waals surface area contributed by atoms with Crippen molar-refractivity contribution in [3.63, 3.8) is 0 Å². The number of benzene rings is 1. The zero-order valence-corrected chi connectivity index (χ0v) is 13.4. The van der Waals surface area contributed by atoms with Crippen molar-refractivity contribution in [2.24, 2.45) is 11.1 Å². The van der Waals surface area contributed by atoms with Gasteiger partial charge in [0.2, 0.25) is 15.9 Å². The van der Waals surface area contributed by atoms with Gasteiger partial charge in [-0.1, -0.05) is 26.3 Å². The highest BCUT2D eigenvalue weighted by Gasteiger charge is 2.16. The molecule has 0 aliphatic rings. The molecule has 1 rings (SSSR count). The molecule has 0 spiro atoms. The van der Waals surface area contributed by atoms with Gasteiger partial charge in [0.05, 0.1) is 13.5 Å². The molecule has 0 saturated heterocycles. The van der Waals surface area contributed by atoms with E-state index in [1.54, 1.807) is 6.07 Å². The molecule has 1 atom stereocenters. The smallest absolute Gasteiger partial charge is 0.241 e. The van der Waals surface area contributed by atoms with Crippen LogP contribution < -0.4 is 15.2 Å². The van der Waals surface area contributed by atoms with E-state index in [2.05, 4.69) is 12.2 Å². The lowest BCUT2D eigenvalue weighted by Crippen LogP contribution is -2.29. The van der Waals surface area contributed by atoms with Crippen molar-refractivity contribution in [1.29, 1.82) is 0 Å². The molecular formula is C14H22N2O4S. The van der Waals surface area contributed by atoms with Crippen molar-refractivity contribution in [2.75, 3.05) is 13.7 Å². The maximum Gasteiger partial charge on any atom is 0.241 e. The fraction of sp³-hybridized carbons (Fsp3) is 0.500. The average Bonchev–Trinajstić information content (AvgIpc) is 2.43. The summed E-state index contributed by atoms with van der Waals surface area (Å²) in [6.45, 7) is 4.71. The van der Waals surface area contributed by atoms with Gasteiger partial charge in [-0.05, 0) is 23.6 Å². The predicted molar refractivity (Wildman–Crippen MR) is 80.5 cm³/mol. The van der Waals surface area contributed by atoms with Crippen molar-refractivity contribution >= 4 is 15.9 Å². The molecule has 1 aromatic carbocycles. The topological polar surface area (TPSA) is 98.5 Å². The van der Waals surface area contributed by atoms with E-state index in [1.807, 2.05) is 6.92 Å². The minimum Gasteiger partial charge on any atom is -0.495 e. The maximum atomic E-state index is 11.8. The van der Waals surface area contributed by atoms with Crippen LogP contribution in [0.5, 0.6) is 5.75 Å². The summed E-state index contributed by atoms with van der Waals surface area (Å²) in [5, 5.41) is 7.96. The number of methoxy groups -OCH3 is 1. The lowest BCUT2D eigenvalue weighted by atomic mass is 10.1. The Morgan fingerprint density at radius 1 is 1.43 bits per heavy atom. The Kier molecular flexibility index (Phi) is 6.17. The van der Waals surface area contributed by atoms with Crippen molar-refractivity contribution in [2.45, 2.75) is 31.6 Å². The summed E-state index contributed by atoms with van der Waals surface area (Å²) in [5.41, 5.74) is 0.571. The number of sulfonamides is 1. The molecule has 0 aliphatic carbocycles. The second-order valence-electron chi connectivity index (χ2n) is 5.02. The number of rotatable bonds is 7. The molecule has 1 amide bonds. The fourth-order valence-electron chi connectivity index (χ4n) is 1.73. The Morgan fingerprint density at radius 3 is 2.62 bits per heavy atom. The number of hydrogen-bond donors (Lipinski definition) is 2. The van der Waals surface area contributed by atoms with Gasteiger partial charge in [-0.25, -0.2) is 13.6 Å². The van der Waals surface area contributed by atoms with Crippen LogP contribution in [0.15, 0.2) is 23.1 Å². The zero-order chi connectivity index (χ0) is 16.0. The molecule has 118 valence electrons. The van der Waals surface area contributed by atoms with E-state index < -0.39 is 10.0 Å². The van der Waals surface area contributed by atoms with Gasteiger partial charge in [0.25, 0.3) is 0 Å². The van der Waals surface area contributed by atoms with Crippen molar-refractivity contribution < 1.29 is 17.9 Å². The first kappa shape index (κ1) is 17.5. The molecule has 3 N–H and O–H groups in total. The van der Waals surface area contributed by atoms with Gasteiger partial charge in [0.15, 0.2) is 0 Å². The van der Waals surface area contributed by atoms with Crippen LogP contribution in [0.25, 0.3) is 0 Å². The van der Waals surface area contributed by atoms with E-state index in [0.717, 1.165) is 6.42 Å². The molecule has 21 heavy (non-hydrogen) atoms. The summed E-state index contributed by atoms with van der Waals surface area (Å²) in [6, 6.07) is 4.52. The van der Waals surface area contributed by atoms with E-state index in [9.17, 15) is 13.2 Å². The summed E-state index contributed by atoms with van der Waals surface area (Å²) in [4.78, 5) is 11.7. The standard InChI is InChI=1S/C14H22N2O4S/c1-4-10(2)9-16-14(17)8-11-5-6-12(20-3)13(7-11)21(15,18)19/h5-7,10H,4,8-9H2,1-3H3,(H,16,17)(H2,15,18,19). The van der Waals surface area contributed by atoms with E-state index >= 15 is 0 Å². The lowest BCUT2D eigenvalue weighted by molar-refractivity contribution is -0.120. The number of primary sulfonamides is 1. The molecule has 1 unspecified atom stereocenters. The molecule has 0 aromatic heterocycles. The second-order valence-corrected chi connectivity index (χ2v) is 6.55. The van der Waals surface area contributed by atoms with Crippen LogP contribution in [-0.4, -0.2) is 28.0 Å². The Bertz CT molecular complexity index is 599. The van der Waals surface area contributed by atoms with Gasteiger partial charge < -0.3 is 10.1 Å². The largest absolute Gasteiger partial charge is 0.495 e. The van der Waals surface area contributed by atoms with Gasteiger partial charge in [-0.15, -0.1) is 0 Å². The molecule has 0 radical (unpaired) electrons. The summed E-state index contributed by atoms with van der Waals surface area (Å²) in [5.74, 6) is 0.423. The van der Waals surface area contributed by atoms with Crippen molar-refractivity contribution in [3.8, 4) is 5.75 Å². The van der Waals surface area contributed by atoms with Crippen LogP contribution in [0.3, 0.4) is 0 Å². The zero-order valence-electron chi connectivity index (χ0n) is 12.5. The van der Waals surface area contributed by atoms with Gasteiger partial charge in [-0.2, -0.15) is 0 Å². The number of amides is 1. The quantitative estimate of drug-likeness (QED) is 0.786. The van der Waals surface area contributed by atoms with Crippen molar-refractivity contribution in [3.05, 3.63) is 23.8 Å². The fourth-order valence-corrected chi connectivity index (χ4v) is 2.48. The van der Waals surface area contributed by atoms with Crippen LogP contribution in [0.1, 0.15) is 25.8 Å². The maximum absolute atomic E-state index is 11.8. The van der Waals surface area contributed by atoms with Crippen LogP contribution in [0, 0.1) is 5.92 Å². The molecular weight excluding hydrogens is 292 g/mol. The van der Waals surface area contributed by atoms with Gasteiger partial charge in [0.1, 0.15) is 10.6 Å². The van der Waals surface area contributed by atoms with Crippen LogP contribution in [0.2, 0.25) is 0 Å². The normalized spacial score (nSPS) is 12.8. The molecule has 0 aliphatic heterocycles. The number of carbonyl (C=O) groups is 1. The minimum atomic E-state index is -3.89. The van der Waals surface area contributed by atoms with E-state index in [4.69, 9.17) is 9.88 Å². The number of ether oxygens (including phenoxy) is 1. The molecule has 0 bridgehead atoms. The molecule has 7 heteroatoms. The van der Waals surface area contributed by atoms with E-state index in [0.29, 0.717) is 18.0 Å². The third-order valence-electron chi connectivity index (χ3n) is 3.24. The van der Waals surface area contributed by atoms with Crippen LogP contribution in [0.4, 0.5) is 0 Å². The van der Waals surface area contributed by atoms with E-state index in [1.165, 1.54) is 19.2 Å². The van der Waals surface area contributed by atoms with Crippen LogP contribution >= 0.6 is 0 Å². The molecule has 6 nitrogen and oxygen atoms in total. The number of carbonyl (C=O) groups excluding carboxylic acids is 1. The molecule has 1 aromatic rings. The SMILES string of the molecule is CCC(C)CNC(=O)Cc1ccc(OC)c(S(N)(=O)=O)c1. The highest BCUT2D eigenvalue weighted by molar-refractivity contribution is 7.89. The third kappa shape index (κ3) is 5.35. The predicted octanol–water partition coefficient (Wildman–Crippen LogP) is 1.05. The summed E-state index contributed by atoms with van der Waals surface area (Å²) in [7, 11) is -2.53. The van der Waals surface area contributed by atoms with Gasteiger partial charge in [-0.3, -0.25) is 4.79 Å². The van der Waals surface area contributed by atoms with Crippen molar-refractivity contribution in [1.82, 2.24) is 5.32 Å². The summed E-state index contributed by atoms with van der Waals surface area (Å²) >= 11 is 0. The lowest BCUT2D eigenvalue weighted by Gasteiger charge is -2.11. The molecule has 0 heterocycles. The average molecular weight is 314 g/mol. The Hall–Kier alpha value is -1.60. The summed E-state index contributed by atoms with van der Waals surface area (Å²) < 4.78 is 28.0. The highest BCUT2D eigenvalue weighted by Crippen LogP contribution is 2.23. The second kappa shape index (κ2) is 7.42. The van der Waals surface area contributed by atoms with Crippen LogP contribution in [-0.2, 0) is 21.2 Å². The van der Waals surface area contributed by atoms with Gasteiger partial charge >= 0.3 is 0 Å². The number of hydrogen-bond acceptors (Lipinski definition) is 4.